The Kier molecular flexibility index (Phi) is 6.52. The van der Waals surface area contributed by atoms with E-state index in [1.807, 2.05) is 0 Å². The van der Waals surface area contributed by atoms with E-state index < -0.39 is 39.2 Å². The summed E-state index contributed by atoms with van der Waals surface area (Å²) in [5.74, 6) is -0.836. The summed E-state index contributed by atoms with van der Waals surface area (Å²) in [6.07, 6.45) is -3.80. The molecule has 28 heavy (non-hydrogen) atoms. The van der Waals surface area contributed by atoms with Crippen molar-refractivity contribution in [2.45, 2.75) is 13.1 Å². The van der Waals surface area contributed by atoms with Gasteiger partial charge in [-0.3, -0.25) is 9.10 Å². The van der Waals surface area contributed by atoms with Crippen molar-refractivity contribution < 1.29 is 26.4 Å². The number of sulfonamides is 1. The van der Waals surface area contributed by atoms with Crippen molar-refractivity contribution in [1.82, 2.24) is 0 Å². The summed E-state index contributed by atoms with van der Waals surface area (Å²) in [5.41, 5.74) is -0.418. The lowest BCUT2D eigenvalue weighted by atomic mass is 10.2. The van der Waals surface area contributed by atoms with Crippen molar-refractivity contribution >= 4 is 50.5 Å². The van der Waals surface area contributed by atoms with Gasteiger partial charge in [0.2, 0.25) is 15.9 Å². The summed E-state index contributed by atoms with van der Waals surface area (Å²) in [6, 6.07) is 7.29. The fourth-order valence-corrected chi connectivity index (χ4v) is 3.54. The first-order valence-electron chi connectivity index (χ1n) is 7.69. The van der Waals surface area contributed by atoms with Crippen LogP contribution in [0.15, 0.2) is 36.4 Å². The molecule has 1 amide bonds. The van der Waals surface area contributed by atoms with Gasteiger partial charge >= 0.3 is 6.18 Å². The molecule has 0 unspecified atom stereocenters. The molecular formula is C17H15Cl2F3N2O3S. The molecule has 0 fully saturated rings. The molecule has 0 aliphatic heterocycles. The number of hydrogen-bond donors (Lipinski definition) is 1. The third-order valence-electron chi connectivity index (χ3n) is 3.69. The van der Waals surface area contributed by atoms with E-state index in [2.05, 4.69) is 5.32 Å². The lowest BCUT2D eigenvalue weighted by Gasteiger charge is -2.22. The zero-order chi connectivity index (χ0) is 21.3. The molecule has 1 N–H and O–H groups in total. The molecule has 0 aliphatic rings. The monoisotopic (exact) mass is 454 g/mol. The SMILES string of the molecule is Cc1ccc(N(CC(=O)Nc2ccc(Cl)c(C(F)(F)F)c2)S(C)(=O)=O)cc1Cl. The molecule has 0 aliphatic carbocycles. The second-order valence-corrected chi connectivity index (χ2v) is 8.66. The lowest BCUT2D eigenvalue weighted by molar-refractivity contribution is -0.137. The second-order valence-electron chi connectivity index (χ2n) is 5.94. The predicted molar refractivity (Wildman–Crippen MR) is 103 cm³/mol. The summed E-state index contributed by atoms with van der Waals surface area (Å²) in [4.78, 5) is 12.3. The van der Waals surface area contributed by atoms with Gasteiger partial charge in [0.1, 0.15) is 6.54 Å². The van der Waals surface area contributed by atoms with Gasteiger partial charge in [-0.15, -0.1) is 0 Å². The fourth-order valence-electron chi connectivity index (χ4n) is 2.29. The number of nitrogens with one attached hydrogen (secondary N) is 1. The smallest absolute Gasteiger partial charge is 0.324 e. The van der Waals surface area contributed by atoms with Crippen LogP contribution in [0.1, 0.15) is 11.1 Å². The molecule has 2 aromatic rings. The average Bonchev–Trinajstić information content (AvgIpc) is 2.55. The minimum absolute atomic E-state index is 0.153. The van der Waals surface area contributed by atoms with Crippen LogP contribution >= 0.6 is 23.2 Å². The van der Waals surface area contributed by atoms with E-state index in [4.69, 9.17) is 23.2 Å². The Labute approximate surface area is 170 Å². The minimum Gasteiger partial charge on any atom is -0.324 e. The van der Waals surface area contributed by atoms with Crippen molar-refractivity contribution in [3.8, 4) is 0 Å². The van der Waals surface area contributed by atoms with Crippen molar-refractivity contribution in [1.29, 1.82) is 0 Å². The largest absolute Gasteiger partial charge is 0.417 e. The number of amides is 1. The van der Waals surface area contributed by atoms with Crippen molar-refractivity contribution in [3.05, 3.63) is 57.6 Å². The van der Waals surface area contributed by atoms with Crippen molar-refractivity contribution in [3.63, 3.8) is 0 Å². The second kappa shape index (κ2) is 8.18. The Morgan fingerprint density at radius 2 is 1.75 bits per heavy atom. The van der Waals surface area contributed by atoms with Crippen LogP contribution in [0.5, 0.6) is 0 Å². The van der Waals surface area contributed by atoms with Gasteiger partial charge in [-0.25, -0.2) is 8.42 Å². The van der Waals surface area contributed by atoms with E-state index >= 15 is 0 Å². The molecule has 0 radical (unpaired) electrons. The molecule has 152 valence electrons. The number of rotatable bonds is 5. The van der Waals surface area contributed by atoms with Crippen LogP contribution < -0.4 is 9.62 Å². The quantitative estimate of drug-likeness (QED) is 0.710. The molecule has 0 saturated heterocycles. The topological polar surface area (TPSA) is 66.5 Å². The average molecular weight is 455 g/mol. The molecule has 0 heterocycles. The maximum absolute atomic E-state index is 12.9. The van der Waals surface area contributed by atoms with Gasteiger partial charge in [-0.05, 0) is 42.8 Å². The number of carbonyl (C=O) groups is 1. The number of nitrogens with zero attached hydrogens (tertiary/aromatic N) is 1. The van der Waals surface area contributed by atoms with Crippen LogP contribution in [0.4, 0.5) is 24.5 Å². The first-order chi connectivity index (χ1) is 12.8. The summed E-state index contributed by atoms with van der Waals surface area (Å²) in [5, 5.41) is 2.03. The Morgan fingerprint density at radius 1 is 1.11 bits per heavy atom. The first-order valence-corrected chi connectivity index (χ1v) is 10.3. The Balaban J connectivity index is 2.27. The highest BCUT2D eigenvalue weighted by Gasteiger charge is 2.33. The fraction of sp³-hybridized carbons (Fsp3) is 0.235. The van der Waals surface area contributed by atoms with Crippen LogP contribution in [-0.2, 0) is 21.0 Å². The van der Waals surface area contributed by atoms with Crippen molar-refractivity contribution in [2.75, 3.05) is 22.4 Å². The van der Waals surface area contributed by atoms with Gasteiger partial charge in [-0.1, -0.05) is 29.3 Å². The summed E-state index contributed by atoms with van der Waals surface area (Å²) in [6.45, 7) is 1.07. The maximum atomic E-state index is 12.9. The molecule has 0 atom stereocenters. The highest BCUT2D eigenvalue weighted by Crippen LogP contribution is 2.36. The number of alkyl halides is 3. The van der Waals surface area contributed by atoms with Crippen LogP contribution in [0.25, 0.3) is 0 Å². The Hall–Kier alpha value is -1.97. The molecule has 0 saturated carbocycles. The lowest BCUT2D eigenvalue weighted by Crippen LogP contribution is -2.37. The maximum Gasteiger partial charge on any atom is 0.417 e. The highest BCUT2D eigenvalue weighted by atomic mass is 35.5. The number of halogens is 5. The van der Waals surface area contributed by atoms with Crippen LogP contribution in [0.3, 0.4) is 0 Å². The Morgan fingerprint density at radius 3 is 2.29 bits per heavy atom. The summed E-state index contributed by atoms with van der Waals surface area (Å²) < 4.78 is 63.7. The molecule has 2 rings (SSSR count). The van der Waals surface area contributed by atoms with Gasteiger partial charge in [0.15, 0.2) is 0 Å². The van der Waals surface area contributed by atoms with E-state index in [0.29, 0.717) is 16.7 Å². The van der Waals surface area contributed by atoms with Crippen LogP contribution in [0.2, 0.25) is 10.0 Å². The number of carbonyl (C=O) groups excluding carboxylic acids is 1. The first kappa shape index (κ1) is 22.3. The van der Waals surface area contributed by atoms with E-state index in [1.165, 1.54) is 18.2 Å². The Bertz CT molecular complexity index is 1010. The van der Waals surface area contributed by atoms with E-state index in [1.54, 1.807) is 13.0 Å². The highest BCUT2D eigenvalue weighted by molar-refractivity contribution is 7.92. The normalized spacial score (nSPS) is 12.0. The molecule has 0 bridgehead atoms. The van der Waals surface area contributed by atoms with Gasteiger partial charge < -0.3 is 5.32 Å². The van der Waals surface area contributed by atoms with E-state index in [0.717, 1.165) is 16.6 Å². The number of aryl methyl sites for hydroxylation is 1. The summed E-state index contributed by atoms with van der Waals surface area (Å²) >= 11 is 11.5. The zero-order valence-electron chi connectivity index (χ0n) is 14.6. The van der Waals surface area contributed by atoms with Crippen molar-refractivity contribution in [2.24, 2.45) is 0 Å². The molecule has 0 aromatic heterocycles. The standard InChI is InChI=1S/C17H15Cl2F3N2O3S/c1-10-3-5-12(8-15(10)19)24(28(2,26)27)9-16(25)23-11-4-6-14(18)13(7-11)17(20,21)22/h3-8H,9H2,1-2H3,(H,23,25). The molecule has 0 spiro atoms. The number of hydrogen-bond acceptors (Lipinski definition) is 3. The molecule has 11 heteroatoms. The van der Waals surface area contributed by atoms with Crippen LogP contribution in [0, 0.1) is 6.92 Å². The van der Waals surface area contributed by atoms with Gasteiger partial charge in [0.05, 0.1) is 22.5 Å². The predicted octanol–water partition coefficient (Wildman–Crippen LogP) is 4.73. The van der Waals surface area contributed by atoms with Gasteiger partial charge in [0.25, 0.3) is 0 Å². The van der Waals surface area contributed by atoms with Gasteiger partial charge in [-0.2, -0.15) is 13.2 Å². The number of anilines is 2. The zero-order valence-corrected chi connectivity index (χ0v) is 17.0. The third kappa shape index (κ3) is 5.52. The van der Waals surface area contributed by atoms with E-state index in [-0.39, 0.29) is 11.4 Å². The summed E-state index contributed by atoms with van der Waals surface area (Å²) in [7, 11) is -3.86. The molecular weight excluding hydrogens is 440 g/mol. The van der Waals surface area contributed by atoms with Gasteiger partial charge in [0, 0.05) is 10.7 Å². The third-order valence-corrected chi connectivity index (χ3v) is 5.56. The molecule has 5 nitrogen and oxygen atoms in total. The minimum atomic E-state index is -4.70. The molecule has 2 aromatic carbocycles. The van der Waals surface area contributed by atoms with Crippen LogP contribution in [-0.4, -0.2) is 27.1 Å². The van der Waals surface area contributed by atoms with E-state index in [9.17, 15) is 26.4 Å². The number of benzene rings is 2.